The molecule has 2 heterocycles. The molecule has 3 unspecified atom stereocenters. The van der Waals surface area contributed by atoms with Crippen LogP contribution in [0.1, 0.15) is 100 Å². The van der Waals surface area contributed by atoms with E-state index in [0.717, 1.165) is 67.6 Å². The predicted octanol–water partition coefficient (Wildman–Crippen LogP) is -7.75. The maximum Gasteiger partial charge on any atom is 0.374 e. The number of aliphatic hydroxyl groups is 3. The minimum absolute atomic E-state index is 0.0324. The van der Waals surface area contributed by atoms with Gasteiger partial charge in [-0.25, -0.2) is 47.9 Å². The summed E-state index contributed by atoms with van der Waals surface area (Å²) in [5.74, 6) is -19.2. The molecule has 0 aromatic carbocycles. The third kappa shape index (κ3) is 82.7. The molecule has 2 rings (SSSR count). The number of nitrogens with two attached hydrogens (primary N) is 3. The van der Waals surface area contributed by atoms with Gasteiger partial charge in [-0.3, -0.25) is 71.9 Å². The second kappa shape index (κ2) is 80.3. The van der Waals surface area contributed by atoms with E-state index >= 15 is 0 Å². The van der Waals surface area contributed by atoms with Crippen LogP contribution in [0.15, 0.2) is 12.2 Å². The number of methoxy groups -OCH3 is 12. The van der Waals surface area contributed by atoms with Crippen LogP contribution in [0, 0.1) is 0 Å². The van der Waals surface area contributed by atoms with E-state index in [-0.39, 0.29) is 63.6 Å². The number of ether oxygens (including phenoxy) is 18. The molecule has 0 aliphatic carbocycles. The van der Waals surface area contributed by atoms with Crippen molar-refractivity contribution in [3.05, 3.63) is 12.2 Å². The lowest BCUT2D eigenvalue weighted by Crippen LogP contribution is -2.45. The molecule has 0 radical (unpaired) electrons. The molecule has 0 aromatic rings. The fraction of sp³-hybridized carbons (Fsp3) is 0.609. The van der Waals surface area contributed by atoms with Crippen molar-refractivity contribution in [3.63, 3.8) is 0 Å². The predicted molar refractivity (Wildman–Crippen MR) is 402 cm³/mol. The molecule has 56 heteroatoms. The number of amides is 1. The van der Waals surface area contributed by atoms with E-state index in [1.54, 1.807) is 0 Å². The summed E-state index contributed by atoms with van der Waals surface area (Å²) >= 11 is 0. The first-order valence-electron chi connectivity index (χ1n) is 34.2. The van der Waals surface area contributed by atoms with Gasteiger partial charge in [0.05, 0.1) is 118 Å². The highest BCUT2D eigenvalue weighted by Crippen LogP contribution is 2.29. The summed E-state index contributed by atoms with van der Waals surface area (Å²) in [6.45, 7) is 9.42. The van der Waals surface area contributed by atoms with Gasteiger partial charge in [-0.05, 0) is 40.2 Å². The van der Waals surface area contributed by atoms with Gasteiger partial charge >= 0.3 is 131 Å². The van der Waals surface area contributed by atoms with E-state index in [1.165, 1.54) is 98.6 Å². The van der Waals surface area contributed by atoms with Crippen LogP contribution in [0.25, 0.3) is 0 Å². The average molecular weight is 1830 g/mol. The van der Waals surface area contributed by atoms with Gasteiger partial charge in [0.1, 0.15) is 42.6 Å². The molecule has 16 N–H and O–H groups in total. The Hall–Kier alpha value is -13.4. The molecule has 56 nitrogen and oxygen atoms in total. The third-order valence-electron chi connectivity index (χ3n) is 12.1. The van der Waals surface area contributed by atoms with E-state index in [9.17, 15) is 120 Å². The highest BCUT2D eigenvalue weighted by molar-refractivity contribution is 6.32. The smallest absolute Gasteiger partial charge is 0.374 e. The van der Waals surface area contributed by atoms with Gasteiger partial charge in [-0.15, -0.1) is 0 Å². The number of carboxylic acid groups (broad SMARTS) is 5. The Morgan fingerprint density at radius 2 is 0.960 bits per heavy atom. The first-order chi connectivity index (χ1) is 57.7. The Kier molecular flexibility index (Phi) is 84.9. The van der Waals surface area contributed by atoms with Crippen LogP contribution in [0.2, 0.25) is 0 Å². The maximum absolute atomic E-state index is 11.4. The molecule has 10 atom stereocenters. The van der Waals surface area contributed by atoms with Crippen LogP contribution >= 0.6 is 0 Å². The number of Topliss-reactive ketones (excluding diaryl/α,β-unsaturated/α-hetero) is 2. The fourth-order valence-corrected chi connectivity index (χ4v) is 6.16. The molecular weight excluding hydrogens is 1710 g/mol. The normalized spacial score (nSPS) is 14.1. The van der Waals surface area contributed by atoms with Gasteiger partial charge in [-0.1, -0.05) is 0 Å². The Bertz CT molecular complexity index is 3430. The molecule has 2 fully saturated rings. The van der Waals surface area contributed by atoms with Crippen molar-refractivity contribution in [1.82, 2.24) is 10.6 Å². The number of carbonyl (C=O) groups excluding carboxylic acids is 20. The van der Waals surface area contributed by atoms with E-state index in [0.29, 0.717) is 6.08 Å². The van der Waals surface area contributed by atoms with Crippen molar-refractivity contribution in [2.45, 2.75) is 161 Å². The second-order valence-electron chi connectivity index (χ2n) is 22.2. The number of esters is 17. The van der Waals surface area contributed by atoms with Gasteiger partial charge in [-0.2, -0.15) is 0 Å². The van der Waals surface area contributed by atoms with E-state index < -0.39 is 204 Å². The average Bonchev–Trinajstić information content (AvgIpc) is 1.68. The lowest BCUT2D eigenvalue weighted by atomic mass is 9.94. The molecule has 2 aliphatic heterocycles. The molecule has 1 amide bonds. The van der Waals surface area contributed by atoms with Crippen LogP contribution in [-0.4, -0.2) is 368 Å². The molecule has 0 aromatic heterocycles. The zero-order valence-corrected chi connectivity index (χ0v) is 71.7. The summed E-state index contributed by atoms with van der Waals surface area (Å²) in [5.41, 5.74) is 13.7. The quantitative estimate of drug-likeness (QED) is 0.0133. The van der Waals surface area contributed by atoms with E-state index in [2.05, 4.69) is 91.2 Å². The molecule has 0 spiro atoms. The minimum atomic E-state index is -1.94. The van der Waals surface area contributed by atoms with E-state index in [1.807, 2.05) is 0 Å². The van der Waals surface area contributed by atoms with Gasteiger partial charge in [0, 0.05) is 53.2 Å². The van der Waals surface area contributed by atoms with Gasteiger partial charge in [0.15, 0.2) is 31.2 Å². The maximum atomic E-state index is 11.4. The van der Waals surface area contributed by atoms with Gasteiger partial charge in [0.25, 0.3) is 0 Å². The first-order valence-corrected chi connectivity index (χ1v) is 34.2. The number of carboxylic acids is 5. The van der Waals surface area contributed by atoms with Crippen molar-refractivity contribution in [2.75, 3.05) is 118 Å². The Balaban J connectivity index is -0.000000146. The van der Waals surface area contributed by atoms with Crippen molar-refractivity contribution in [1.29, 1.82) is 0 Å². The summed E-state index contributed by atoms with van der Waals surface area (Å²) in [6.07, 6.45) is -5.43. The summed E-state index contributed by atoms with van der Waals surface area (Å²) < 4.78 is 77.9. The summed E-state index contributed by atoms with van der Waals surface area (Å²) in [6, 6.07) is -3.23. The van der Waals surface area contributed by atoms with Crippen LogP contribution in [0.4, 0.5) is 0 Å². The largest absolute Gasteiger partial charge is 0.481 e. The molecular formula is C69H111N5O51. The molecule has 718 valence electrons. The summed E-state index contributed by atoms with van der Waals surface area (Å²) in [7, 11) is 14.3. The molecule has 125 heavy (non-hydrogen) atoms. The number of hydrogen-bond acceptors (Lipinski definition) is 50. The Labute approximate surface area is 711 Å². The van der Waals surface area contributed by atoms with Crippen molar-refractivity contribution in [3.8, 4) is 0 Å². The van der Waals surface area contributed by atoms with Gasteiger partial charge in [0.2, 0.25) is 23.9 Å². The number of aliphatic hydroxyl groups excluding tert-OH is 3. The third-order valence-corrected chi connectivity index (χ3v) is 12.1. The summed E-state index contributed by atoms with van der Waals surface area (Å²) in [4.78, 5) is 261. The monoisotopic (exact) mass is 1830 g/mol. The zero-order valence-electron chi connectivity index (χ0n) is 71.7. The SMILES string of the molecule is COC(=O)/C=C/C(=O)O.COC(=O)C(C)=O.COC(=O)C(C)O.COC(=O)C(C)OC(C)=O.COC(=O)CC1(CC(C)=O)OCOC1=O.COC(=O)CNC(=O)C[C@H](N)C(=O)O.COC(=O)COC(C)=O.COC(=O)C[C@H](O)C(=O)O.COC(=O)[C@@H](N)CC(=O)O.COC(=O)[C@@H](N)CO.COC(=O)[C@@H]1CCCN1.COC(=O)[C@H](OC(C)=O)[C@H](OC(C)=O)C(=O)O. The minimum Gasteiger partial charge on any atom is -0.481 e. The molecule has 0 bridgehead atoms. The Morgan fingerprint density at radius 3 is 1.26 bits per heavy atom. The van der Waals surface area contributed by atoms with Crippen molar-refractivity contribution in [2.24, 2.45) is 17.2 Å². The zero-order chi connectivity index (χ0) is 100. The lowest BCUT2D eigenvalue weighted by molar-refractivity contribution is -0.187. The number of ketones is 2. The van der Waals surface area contributed by atoms with Crippen LogP contribution < -0.4 is 27.8 Å². The van der Waals surface area contributed by atoms with Crippen molar-refractivity contribution >= 4 is 149 Å². The number of rotatable bonds is 31. The molecule has 2 saturated heterocycles. The van der Waals surface area contributed by atoms with E-state index in [4.69, 9.17) is 62.8 Å². The van der Waals surface area contributed by atoms with Crippen molar-refractivity contribution < 1.29 is 246 Å². The highest BCUT2D eigenvalue weighted by atomic mass is 16.7. The molecule has 0 saturated carbocycles. The number of carbonyl (C=O) groups is 25. The lowest BCUT2D eigenvalue weighted by Gasteiger charge is -2.20. The number of nitrogens with one attached hydrogen (secondary N) is 2. The standard InChI is InChI=1S/C9H12O8.C9H12O6.C7H12N2O5.C6H11NO2.C6H10O4.C5H9NO4.C5H8O5.C5H8O4.C5H6O4.C4H9NO3.C4H8O3.C4H6O3/c1-4(10)16-6(8(12)13)7(9(14)15-3)17-5(2)11;1-6(10)3-9(4-7(11)13-2)8(12)14-5-15-9;1-14-6(11)3-9-5(10)2-4(8)7(12)13;1-9-6(8)5-3-2-4-7-5;1-4(6(8)9-3)10-5(2)7;1-10-5(9)3(6)2-4(7)8;1-10-4(7)2-3(6)5(8)9;1-4(6)9-3-5(7)8-2;1-9-5(8)3-2-4(6)7;1-8-4(7)3(5)2-6;2*1-3(5)4(6)7-2/h6-7H,1-3H3,(H,12,13);3-5H2,1-2H3;4H,2-3,8H2,1H3,(H,9,10)(H,12,13);5,7H,2-4H2,1H3;4H,1-3H3;3H,2,6H2,1H3,(H,7,8);3,6H,2H2,1H3,(H,8,9);3H2,1-2H3;2-3H,1H3,(H,6,7);3,6H,2,5H2,1H3;3,5H,1-2H3;1-2H3/b;;;;;;;;3-2+;;;/t6-,7+;;4-;5-;;2*3-;;;3-;;/m0.00.00..0../s1. The van der Waals surface area contributed by atoms with Crippen LogP contribution in [0.5, 0.6) is 0 Å². The molecule has 2 aliphatic rings. The van der Waals surface area contributed by atoms with Crippen LogP contribution in [-0.2, 0) is 205 Å². The van der Waals surface area contributed by atoms with Gasteiger partial charge < -0.3 is 154 Å². The number of hydrogen-bond donors (Lipinski definition) is 13. The highest BCUT2D eigenvalue weighted by Gasteiger charge is 2.49. The summed E-state index contributed by atoms with van der Waals surface area (Å²) in [5, 5.41) is 71.6. The fourth-order valence-electron chi connectivity index (χ4n) is 6.16. The van der Waals surface area contributed by atoms with Crippen LogP contribution in [0.3, 0.4) is 0 Å². The number of cyclic esters (lactones) is 1. The Morgan fingerprint density at radius 1 is 0.496 bits per heavy atom. The first kappa shape index (κ1) is 132. The number of aliphatic carboxylic acids is 5. The topological polar surface area (TPSA) is 857 Å². The second-order valence-corrected chi connectivity index (χ2v) is 22.2.